The number of rotatable bonds is 5. The summed E-state index contributed by atoms with van der Waals surface area (Å²) < 4.78 is 6.56. The van der Waals surface area contributed by atoms with Crippen molar-refractivity contribution < 1.29 is 9.53 Å². The highest BCUT2D eigenvalue weighted by Crippen LogP contribution is 2.23. The van der Waals surface area contributed by atoms with Gasteiger partial charge in [-0.25, -0.2) is 0 Å². The standard InChI is InChI=1S/C12H16ClN3O2/c1-4-16-10(11(13)8(3)15-16)6-9(7-14)12(17)18-5-2/h9H,4-6H2,1-3H3. The minimum atomic E-state index is -0.844. The highest BCUT2D eigenvalue weighted by molar-refractivity contribution is 6.31. The number of hydrogen-bond donors (Lipinski definition) is 0. The number of ether oxygens (including phenoxy) is 1. The Morgan fingerprint density at radius 1 is 1.61 bits per heavy atom. The predicted octanol–water partition coefficient (Wildman–Crippen LogP) is 2.11. The molecule has 1 rings (SSSR count). The SMILES string of the molecule is CCOC(=O)C(C#N)Cc1c(Cl)c(C)nn1CC. The summed E-state index contributed by atoms with van der Waals surface area (Å²) in [5.41, 5.74) is 1.41. The van der Waals surface area contributed by atoms with Gasteiger partial charge in [0.05, 0.1) is 29.1 Å². The quantitative estimate of drug-likeness (QED) is 0.768. The first-order chi connectivity index (χ1) is 8.54. The highest BCUT2D eigenvalue weighted by Gasteiger charge is 2.24. The minimum Gasteiger partial charge on any atom is -0.465 e. The van der Waals surface area contributed by atoms with Crippen molar-refractivity contribution in [3.8, 4) is 6.07 Å². The van der Waals surface area contributed by atoms with Gasteiger partial charge in [0.1, 0.15) is 5.92 Å². The molecule has 5 nitrogen and oxygen atoms in total. The van der Waals surface area contributed by atoms with Gasteiger partial charge < -0.3 is 4.74 Å². The number of carbonyl (C=O) groups excluding carboxylic acids is 1. The van der Waals surface area contributed by atoms with E-state index >= 15 is 0 Å². The molecule has 0 aliphatic rings. The zero-order valence-corrected chi connectivity index (χ0v) is 11.5. The number of hydrogen-bond acceptors (Lipinski definition) is 4. The molecular weight excluding hydrogens is 254 g/mol. The molecule has 1 heterocycles. The van der Waals surface area contributed by atoms with Crippen LogP contribution in [0, 0.1) is 24.2 Å². The van der Waals surface area contributed by atoms with E-state index in [1.165, 1.54) is 0 Å². The van der Waals surface area contributed by atoms with Crippen molar-refractivity contribution in [1.29, 1.82) is 5.26 Å². The third-order valence-corrected chi connectivity index (χ3v) is 3.07. The summed E-state index contributed by atoms with van der Waals surface area (Å²) >= 11 is 6.13. The molecule has 0 spiro atoms. The fourth-order valence-electron chi connectivity index (χ4n) is 1.68. The molecule has 1 aromatic heterocycles. The lowest BCUT2D eigenvalue weighted by Crippen LogP contribution is -2.20. The fraction of sp³-hybridized carbons (Fsp3) is 0.583. The molecule has 0 aliphatic carbocycles. The predicted molar refractivity (Wildman–Crippen MR) is 67.1 cm³/mol. The van der Waals surface area contributed by atoms with Crippen molar-refractivity contribution in [2.45, 2.75) is 33.7 Å². The van der Waals surface area contributed by atoms with Crippen molar-refractivity contribution >= 4 is 17.6 Å². The topological polar surface area (TPSA) is 67.9 Å². The maximum Gasteiger partial charge on any atom is 0.323 e. The van der Waals surface area contributed by atoms with Crippen LogP contribution in [0.4, 0.5) is 0 Å². The molecule has 18 heavy (non-hydrogen) atoms. The van der Waals surface area contributed by atoms with E-state index in [1.807, 2.05) is 13.0 Å². The average molecular weight is 270 g/mol. The number of halogens is 1. The Morgan fingerprint density at radius 3 is 2.78 bits per heavy atom. The van der Waals surface area contributed by atoms with Crippen LogP contribution in [0.15, 0.2) is 0 Å². The number of carbonyl (C=O) groups is 1. The fourth-order valence-corrected chi connectivity index (χ4v) is 1.89. The van der Waals surface area contributed by atoms with Gasteiger partial charge in [-0.05, 0) is 20.8 Å². The van der Waals surface area contributed by atoms with Gasteiger partial charge in [-0.15, -0.1) is 0 Å². The van der Waals surface area contributed by atoms with Gasteiger partial charge in [-0.2, -0.15) is 10.4 Å². The molecule has 0 aliphatic heterocycles. The maximum absolute atomic E-state index is 11.6. The van der Waals surface area contributed by atoms with Gasteiger partial charge in [-0.3, -0.25) is 9.48 Å². The first kappa shape index (κ1) is 14.5. The normalized spacial score (nSPS) is 11.9. The molecule has 0 bridgehead atoms. The van der Waals surface area contributed by atoms with E-state index in [1.54, 1.807) is 18.5 Å². The Hall–Kier alpha value is -1.54. The number of nitrogens with zero attached hydrogens (tertiary/aromatic N) is 3. The molecule has 98 valence electrons. The molecule has 1 aromatic rings. The molecule has 6 heteroatoms. The van der Waals surface area contributed by atoms with Crippen LogP contribution in [0.25, 0.3) is 0 Å². The molecule has 0 saturated carbocycles. The summed E-state index contributed by atoms with van der Waals surface area (Å²) in [4.78, 5) is 11.6. The summed E-state index contributed by atoms with van der Waals surface area (Å²) in [5.74, 6) is -1.36. The maximum atomic E-state index is 11.6. The lowest BCUT2D eigenvalue weighted by molar-refractivity contribution is -0.146. The van der Waals surface area contributed by atoms with Crippen molar-refractivity contribution in [3.05, 3.63) is 16.4 Å². The second-order valence-electron chi connectivity index (χ2n) is 3.80. The Morgan fingerprint density at radius 2 is 2.28 bits per heavy atom. The lowest BCUT2D eigenvalue weighted by Gasteiger charge is -2.10. The van der Waals surface area contributed by atoms with Crippen LogP contribution < -0.4 is 0 Å². The first-order valence-corrected chi connectivity index (χ1v) is 6.20. The van der Waals surface area contributed by atoms with Crippen LogP contribution in [-0.2, 0) is 22.5 Å². The van der Waals surface area contributed by atoms with Crippen molar-refractivity contribution in [1.82, 2.24) is 9.78 Å². The number of aromatic nitrogens is 2. The summed E-state index contributed by atoms with van der Waals surface area (Å²) in [6, 6.07) is 1.95. The second kappa shape index (κ2) is 6.41. The molecule has 0 fully saturated rings. The van der Waals surface area contributed by atoms with E-state index in [2.05, 4.69) is 5.10 Å². The number of aryl methyl sites for hydroxylation is 2. The summed E-state index contributed by atoms with van der Waals surface area (Å²) in [6.07, 6.45) is 0.225. The van der Waals surface area contributed by atoms with E-state index in [9.17, 15) is 4.79 Å². The second-order valence-corrected chi connectivity index (χ2v) is 4.18. The molecular formula is C12H16ClN3O2. The van der Waals surface area contributed by atoms with Gasteiger partial charge >= 0.3 is 5.97 Å². The van der Waals surface area contributed by atoms with E-state index in [-0.39, 0.29) is 13.0 Å². The number of esters is 1. The number of nitriles is 1. The van der Waals surface area contributed by atoms with Gasteiger partial charge in [0.15, 0.2) is 0 Å². The Kier molecular flexibility index (Phi) is 5.17. The third kappa shape index (κ3) is 3.02. The Labute approximate surface area is 111 Å². The van der Waals surface area contributed by atoms with Crippen LogP contribution in [0.5, 0.6) is 0 Å². The molecule has 0 amide bonds. The molecule has 0 radical (unpaired) electrons. The van der Waals surface area contributed by atoms with E-state index in [4.69, 9.17) is 21.6 Å². The summed E-state index contributed by atoms with van der Waals surface area (Å²) in [7, 11) is 0. The third-order valence-electron chi connectivity index (χ3n) is 2.58. The summed E-state index contributed by atoms with van der Waals surface area (Å²) in [6.45, 7) is 6.34. The van der Waals surface area contributed by atoms with Crippen LogP contribution in [-0.4, -0.2) is 22.4 Å². The van der Waals surface area contributed by atoms with Crippen LogP contribution in [0.2, 0.25) is 5.02 Å². The lowest BCUT2D eigenvalue weighted by atomic mass is 10.0. The zero-order valence-electron chi connectivity index (χ0n) is 10.7. The molecule has 0 aromatic carbocycles. The molecule has 0 N–H and O–H groups in total. The largest absolute Gasteiger partial charge is 0.465 e. The van der Waals surface area contributed by atoms with Crippen molar-refractivity contribution in [3.63, 3.8) is 0 Å². The van der Waals surface area contributed by atoms with Crippen LogP contribution >= 0.6 is 11.6 Å². The Balaban J connectivity index is 2.95. The van der Waals surface area contributed by atoms with Gasteiger partial charge in [0, 0.05) is 13.0 Å². The van der Waals surface area contributed by atoms with Gasteiger partial charge in [0.25, 0.3) is 0 Å². The van der Waals surface area contributed by atoms with E-state index in [0.29, 0.717) is 23.0 Å². The molecule has 1 atom stereocenters. The van der Waals surface area contributed by atoms with Crippen LogP contribution in [0.3, 0.4) is 0 Å². The first-order valence-electron chi connectivity index (χ1n) is 5.83. The van der Waals surface area contributed by atoms with Crippen molar-refractivity contribution in [2.24, 2.45) is 5.92 Å². The smallest absolute Gasteiger partial charge is 0.323 e. The Bertz CT molecular complexity index is 476. The van der Waals surface area contributed by atoms with E-state index in [0.717, 1.165) is 0 Å². The zero-order chi connectivity index (χ0) is 13.7. The minimum absolute atomic E-state index is 0.225. The molecule has 1 unspecified atom stereocenters. The van der Waals surface area contributed by atoms with Gasteiger partial charge in [0.2, 0.25) is 0 Å². The van der Waals surface area contributed by atoms with E-state index < -0.39 is 11.9 Å². The highest BCUT2D eigenvalue weighted by atomic mass is 35.5. The van der Waals surface area contributed by atoms with Gasteiger partial charge in [-0.1, -0.05) is 11.6 Å². The molecule has 0 saturated heterocycles. The monoisotopic (exact) mass is 269 g/mol. The summed E-state index contributed by atoms with van der Waals surface area (Å²) in [5, 5.41) is 13.8. The van der Waals surface area contributed by atoms with Crippen molar-refractivity contribution in [2.75, 3.05) is 6.61 Å². The average Bonchev–Trinajstić information content (AvgIpc) is 2.62. The van der Waals surface area contributed by atoms with Crippen LogP contribution in [0.1, 0.15) is 25.2 Å².